The molecule has 0 saturated heterocycles. The molecule has 0 aromatic heterocycles. The summed E-state index contributed by atoms with van der Waals surface area (Å²) in [6, 6.07) is 128. The first-order valence-corrected chi connectivity index (χ1v) is 29.6. The first-order chi connectivity index (χ1) is 43.1. The molecule has 0 atom stereocenters. The Morgan fingerprint density at radius 3 is 0.839 bits per heavy atom. The molecule has 15 aromatic rings. The van der Waals surface area contributed by atoms with Gasteiger partial charge < -0.3 is 16.0 Å². The fourth-order valence-corrected chi connectivity index (χ4v) is 11.1. The topological polar surface area (TPSA) is 36.1 Å². The van der Waals surface area contributed by atoms with Crippen LogP contribution in [0.4, 0.5) is 34.1 Å². The van der Waals surface area contributed by atoms with Crippen LogP contribution < -0.4 is 16.0 Å². The van der Waals surface area contributed by atoms with Gasteiger partial charge in [-0.05, 0) is 178 Å². The van der Waals surface area contributed by atoms with Crippen molar-refractivity contribution in [2.75, 3.05) is 16.0 Å². The van der Waals surface area contributed by atoms with Gasteiger partial charge in [0.05, 0.1) is 0 Å². The highest BCUT2D eigenvalue weighted by molar-refractivity contribution is 5.90. The molecular weight excluding hydrogens is 1050 g/mol. The van der Waals surface area contributed by atoms with Crippen LogP contribution in [0.1, 0.15) is 0 Å². The van der Waals surface area contributed by atoms with Gasteiger partial charge in [0.25, 0.3) is 0 Å². The number of rotatable bonds is 12. The normalized spacial score (nSPS) is 10.8. The highest BCUT2D eigenvalue weighted by Gasteiger charge is 2.08. The quantitative estimate of drug-likeness (QED) is 0.114. The van der Waals surface area contributed by atoms with Crippen molar-refractivity contribution in [1.29, 1.82) is 0 Å². The van der Waals surface area contributed by atoms with E-state index in [0.29, 0.717) is 0 Å². The molecule has 0 aliphatic carbocycles. The Bertz CT molecular complexity index is 4720. The molecule has 0 amide bonds. The van der Waals surface area contributed by atoms with Crippen molar-refractivity contribution < 1.29 is 0 Å². The number of fused-ring (bicyclic) bond motifs is 3. The Morgan fingerprint density at radius 2 is 0.414 bits per heavy atom. The molecule has 0 aliphatic rings. The van der Waals surface area contributed by atoms with E-state index in [1.165, 1.54) is 99.1 Å². The molecule has 0 unspecified atom stereocenters. The zero-order valence-electron chi connectivity index (χ0n) is 48.1. The molecule has 3 nitrogen and oxygen atoms in total. The van der Waals surface area contributed by atoms with Gasteiger partial charge in [-0.25, -0.2) is 0 Å². The average Bonchev–Trinajstić information content (AvgIpc) is 3.66. The average molecular weight is 1110 g/mol. The van der Waals surface area contributed by atoms with Crippen LogP contribution in [0, 0.1) is 0 Å². The summed E-state index contributed by atoms with van der Waals surface area (Å²) in [4.78, 5) is 0. The maximum absolute atomic E-state index is 3.58. The third-order valence-corrected chi connectivity index (χ3v) is 15.7. The van der Waals surface area contributed by atoms with Gasteiger partial charge >= 0.3 is 0 Å². The van der Waals surface area contributed by atoms with Crippen molar-refractivity contribution in [2.24, 2.45) is 0 Å². The lowest BCUT2D eigenvalue weighted by atomic mass is 10.0. The molecule has 3 N–H and O–H groups in total. The smallest absolute Gasteiger partial charge is 0.0463 e. The number of benzene rings is 15. The first-order valence-electron chi connectivity index (χ1n) is 29.6. The lowest BCUT2D eigenvalue weighted by Crippen LogP contribution is -1.93. The van der Waals surface area contributed by atoms with Crippen molar-refractivity contribution in [2.45, 2.75) is 0 Å². The third kappa shape index (κ3) is 13.6. The van der Waals surface area contributed by atoms with Crippen molar-refractivity contribution >= 4 is 66.4 Å². The monoisotopic (exact) mass is 1110 g/mol. The van der Waals surface area contributed by atoms with Crippen molar-refractivity contribution in [3.63, 3.8) is 0 Å². The van der Waals surface area contributed by atoms with E-state index in [2.05, 4.69) is 362 Å². The Labute approximate surface area is 510 Å². The Hall–Kier alpha value is -11.5. The molecule has 15 aromatic carbocycles. The summed E-state index contributed by atoms with van der Waals surface area (Å²) in [5.41, 5.74) is 21.2. The van der Waals surface area contributed by atoms with Crippen LogP contribution in [0.5, 0.6) is 0 Å². The van der Waals surface area contributed by atoms with E-state index in [4.69, 9.17) is 0 Å². The van der Waals surface area contributed by atoms with Gasteiger partial charge in [-0.3, -0.25) is 0 Å². The van der Waals surface area contributed by atoms with Gasteiger partial charge in [0.2, 0.25) is 0 Å². The van der Waals surface area contributed by atoms with E-state index in [9.17, 15) is 0 Å². The summed E-state index contributed by atoms with van der Waals surface area (Å²) in [6.07, 6.45) is 0. The van der Waals surface area contributed by atoms with Crippen LogP contribution >= 0.6 is 0 Å². The summed E-state index contributed by atoms with van der Waals surface area (Å²) in [7, 11) is 0. The van der Waals surface area contributed by atoms with Crippen LogP contribution in [0.2, 0.25) is 0 Å². The van der Waals surface area contributed by atoms with Gasteiger partial charge in [-0.2, -0.15) is 0 Å². The second kappa shape index (κ2) is 26.4. The van der Waals surface area contributed by atoms with Gasteiger partial charge in [0.1, 0.15) is 0 Å². The fourth-order valence-electron chi connectivity index (χ4n) is 11.1. The van der Waals surface area contributed by atoms with Gasteiger partial charge in [0, 0.05) is 39.7 Å². The third-order valence-electron chi connectivity index (χ3n) is 15.7. The summed E-state index contributed by atoms with van der Waals surface area (Å²) in [6.45, 7) is 0. The molecule has 0 bridgehead atoms. The summed E-state index contributed by atoms with van der Waals surface area (Å²) < 4.78 is 0. The van der Waals surface area contributed by atoms with Crippen LogP contribution in [0.25, 0.3) is 99.1 Å². The molecule has 0 saturated carbocycles. The van der Waals surface area contributed by atoms with E-state index in [0.717, 1.165) is 34.1 Å². The summed E-state index contributed by atoms with van der Waals surface area (Å²) >= 11 is 0. The summed E-state index contributed by atoms with van der Waals surface area (Å²) in [5, 5.41) is 18.2. The van der Waals surface area contributed by atoms with E-state index in [1.54, 1.807) is 0 Å². The molecule has 0 aliphatic heterocycles. The molecule has 0 fully saturated rings. The number of anilines is 6. The molecule has 87 heavy (non-hydrogen) atoms. The predicted octanol–water partition coefficient (Wildman–Crippen LogP) is 23.8. The molecule has 0 heterocycles. The zero-order chi connectivity index (χ0) is 58.4. The fraction of sp³-hybridized carbons (Fsp3) is 0. The van der Waals surface area contributed by atoms with Crippen molar-refractivity contribution in [3.8, 4) is 66.8 Å². The van der Waals surface area contributed by atoms with E-state index in [1.807, 2.05) is 18.2 Å². The van der Waals surface area contributed by atoms with Gasteiger partial charge in [-0.15, -0.1) is 0 Å². The Morgan fingerprint density at radius 1 is 0.138 bits per heavy atom. The van der Waals surface area contributed by atoms with Crippen LogP contribution in [0.3, 0.4) is 0 Å². The summed E-state index contributed by atoms with van der Waals surface area (Å²) in [5.74, 6) is 0. The van der Waals surface area contributed by atoms with Crippen molar-refractivity contribution in [1.82, 2.24) is 0 Å². The maximum atomic E-state index is 3.58. The first kappa shape index (κ1) is 54.7. The molecule has 3 heteroatoms. The number of para-hydroxylation sites is 1. The number of hydrogen-bond donors (Lipinski definition) is 3. The second-order valence-corrected chi connectivity index (χ2v) is 21.6. The minimum absolute atomic E-state index is 1.08. The second-order valence-electron chi connectivity index (χ2n) is 21.6. The SMILES string of the molecule is c1ccc(-c2ccc(Nc3ccc(-c4ccc5ccccc5c4)cc3)cc2)cc1.c1ccc(-c2cccc(Nc3ccc(-c4ccc5ccccc5c4)cc3)c2)cc1.c1ccc(-c2ccccc2Nc2ccc(-c3ccc4ccccc4c3)cc2)cc1. The largest absolute Gasteiger partial charge is 0.356 e. The Kier molecular flexibility index (Phi) is 16.6. The molecule has 414 valence electrons. The minimum Gasteiger partial charge on any atom is -0.356 e. The minimum atomic E-state index is 1.08. The number of hydrogen-bond acceptors (Lipinski definition) is 3. The molecule has 0 spiro atoms. The van der Waals surface area contributed by atoms with E-state index in [-0.39, 0.29) is 0 Å². The molecule has 0 radical (unpaired) electrons. The van der Waals surface area contributed by atoms with Gasteiger partial charge in [-0.1, -0.05) is 279 Å². The van der Waals surface area contributed by atoms with Crippen molar-refractivity contribution in [3.05, 3.63) is 364 Å². The highest BCUT2D eigenvalue weighted by Crippen LogP contribution is 2.34. The number of nitrogens with one attached hydrogen (secondary N) is 3. The van der Waals surface area contributed by atoms with E-state index < -0.39 is 0 Å². The van der Waals surface area contributed by atoms with Gasteiger partial charge in [0.15, 0.2) is 0 Å². The van der Waals surface area contributed by atoms with Crippen LogP contribution in [-0.4, -0.2) is 0 Å². The molecular formula is C84H63N3. The highest BCUT2D eigenvalue weighted by atomic mass is 14.9. The van der Waals surface area contributed by atoms with E-state index >= 15 is 0 Å². The lowest BCUT2D eigenvalue weighted by Gasteiger charge is -2.13. The zero-order valence-corrected chi connectivity index (χ0v) is 48.1. The Balaban J connectivity index is 0.000000121. The van der Waals surface area contributed by atoms with Crippen LogP contribution in [-0.2, 0) is 0 Å². The molecule has 15 rings (SSSR count). The van der Waals surface area contributed by atoms with Crippen LogP contribution in [0.15, 0.2) is 364 Å². The standard InChI is InChI=1S/3C28H21N/c1-2-9-23(10-3-1)27-12-6-7-13-28(27)29-26-18-16-22(17-19-26)25-15-14-21-8-4-5-11-24(21)20-25;1-2-7-21(8-3-1)25-11-6-12-28(20-25)29-27-17-15-23(16-18-27)26-14-13-22-9-4-5-10-24(22)19-26;1-2-6-21(7-3-1)23-12-16-27(17-13-23)29-28-18-14-24(15-19-28)26-11-10-22-8-4-5-9-25(22)20-26/h3*1-20,29H. The predicted molar refractivity (Wildman–Crippen MR) is 374 cm³/mol. The maximum Gasteiger partial charge on any atom is 0.0463 e. The lowest BCUT2D eigenvalue weighted by molar-refractivity contribution is 1.53.